The molecule has 20 heavy (non-hydrogen) atoms. The summed E-state index contributed by atoms with van der Waals surface area (Å²) in [6.07, 6.45) is 2.90. The number of hydrogen-bond donors (Lipinski definition) is 0. The highest BCUT2D eigenvalue weighted by Crippen LogP contribution is 2.13. The Morgan fingerprint density at radius 1 is 1.05 bits per heavy atom. The van der Waals surface area contributed by atoms with E-state index >= 15 is 0 Å². The van der Waals surface area contributed by atoms with Gasteiger partial charge in [0, 0.05) is 17.7 Å². The first-order chi connectivity index (χ1) is 9.56. The molecule has 100 valence electrons. The number of rotatable bonds is 4. The third kappa shape index (κ3) is 3.35. The molecule has 0 saturated carbocycles. The lowest BCUT2D eigenvalue weighted by Crippen LogP contribution is -1.95. The topological polar surface area (TPSA) is 60.2 Å². The highest BCUT2D eigenvalue weighted by Gasteiger charge is 2.07. The second-order valence-corrected chi connectivity index (χ2v) is 4.05. The van der Waals surface area contributed by atoms with Crippen LogP contribution in [0.1, 0.15) is 15.9 Å². The van der Waals surface area contributed by atoms with Crippen molar-refractivity contribution in [3.63, 3.8) is 0 Å². The largest absolute Gasteiger partial charge is 0.289 e. The molecule has 0 saturated heterocycles. The number of non-ortho nitro benzene ring substituents is 1. The van der Waals surface area contributed by atoms with E-state index in [2.05, 4.69) is 0 Å². The van der Waals surface area contributed by atoms with Crippen molar-refractivity contribution in [2.45, 2.75) is 0 Å². The summed E-state index contributed by atoms with van der Waals surface area (Å²) in [5.41, 5.74) is 0.986. The highest BCUT2D eigenvalue weighted by atomic mass is 19.1. The molecule has 0 bridgehead atoms. The summed E-state index contributed by atoms with van der Waals surface area (Å²) in [5, 5.41) is 10.5. The smallest absolute Gasteiger partial charge is 0.269 e. The van der Waals surface area contributed by atoms with Gasteiger partial charge in [0.25, 0.3) is 5.69 Å². The Hall–Kier alpha value is -2.82. The average Bonchev–Trinajstić information content (AvgIpc) is 2.46. The number of hydrogen-bond acceptors (Lipinski definition) is 3. The normalized spacial score (nSPS) is 10.7. The van der Waals surface area contributed by atoms with E-state index in [1.54, 1.807) is 18.2 Å². The lowest BCUT2D eigenvalue weighted by atomic mass is 10.1. The molecule has 2 rings (SSSR count). The van der Waals surface area contributed by atoms with Crippen molar-refractivity contribution in [3.8, 4) is 0 Å². The Kier molecular flexibility index (Phi) is 4.00. The maximum absolute atomic E-state index is 12.7. The summed E-state index contributed by atoms with van der Waals surface area (Å²) in [6, 6.07) is 11.1. The van der Waals surface area contributed by atoms with E-state index in [-0.39, 0.29) is 17.3 Å². The fourth-order valence-electron chi connectivity index (χ4n) is 1.59. The van der Waals surface area contributed by atoms with E-state index < -0.39 is 4.92 Å². The number of halogens is 1. The van der Waals surface area contributed by atoms with Crippen molar-refractivity contribution in [3.05, 3.63) is 81.7 Å². The van der Waals surface area contributed by atoms with Gasteiger partial charge in [-0.15, -0.1) is 0 Å². The minimum absolute atomic E-state index is 0.0657. The Balaban J connectivity index is 2.11. The predicted molar refractivity (Wildman–Crippen MR) is 72.9 cm³/mol. The second-order valence-electron chi connectivity index (χ2n) is 4.05. The van der Waals surface area contributed by atoms with Crippen molar-refractivity contribution in [1.82, 2.24) is 0 Å². The van der Waals surface area contributed by atoms with Crippen LogP contribution < -0.4 is 0 Å². The van der Waals surface area contributed by atoms with Gasteiger partial charge >= 0.3 is 0 Å². The molecule has 0 amide bonds. The zero-order chi connectivity index (χ0) is 14.5. The maximum Gasteiger partial charge on any atom is 0.269 e. The average molecular weight is 271 g/mol. The van der Waals surface area contributed by atoms with Crippen LogP contribution in [0, 0.1) is 15.9 Å². The Labute approximate surface area is 114 Å². The van der Waals surface area contributed by atoms with Gasteiger partial charge in [0.1, 0.15) is 5.82 Å². The number of carbonyl (C=O) groups excluding carboxylic acids is 1. The Morgan fingerprint density at radius 3 is 2.20 bits per heavy atom. The molecule has 0 aliphatic carbocycles. The standard InChI is InChI=1S/C15H10FNO3/c16-13-6-1-11(2-7-13)3-10-15(18)12-4-8-14(9-5-12)17(19)20/h1-10H. The number of carbonyl (C=O) groups is 1. The molecule has 2 aromatic carbocycles. The zero-order valence-electron chi connectivity index (χ0n) is 10.3. The van der Waals surface area contributed by atoms with E-state index in [9.17, 15) is 19.3 Å². The summed E-state index contributed by atoms with van der Waals surface area (Å²) in [6.45, 7) is 0. The molecule has 0 heterocycles. The van der Waals surface area contributed by atoms with Crippen molar-refractivity contribution < 1.29 is 14.1 Å². The Bertz CT molecular complexity index is 661. The number of nitro groups is 1. The SMILES string of the molecule is O=C(C=Cc1ccc(F)cc1)c1ccc([N+](=O)[O-])cc1. The molecule has 0 atom stereocenters. The summed E-state index contributed by atoms with van der Waals surface area (Å²) >= 11 is 0. The minimum atomic E-state index is -0.525. The van der Waals surface area contributed by atoms with Crippen LogP contribution in [0.25, 0.3) is 6.08 Å². The first-order valence-corrected chi connectivity index (χ1v) is 5.79. The van der Waals surface area contributed by atoms with Gasteiger partial charge in [0.2, 0.25) is 0 Å². The van der Waals surface area contributed by atoms with Crippen LogP contribution in [-0.2, 0) is 0 Å². The van der Waals surface area contributed by atoms with Crippen LogP contribution in [0.3, 0.4) is 0 Å². The lowest BCUT2D eigenvalue weighted by molar-refractivity contribution is -0.384. The van der Waals surface area contributed by atoms with E-state index in [4.69, 9.17) is 0 Å². The number of ketones is 1. The van der Waals surface area contributed by atoms with Gasteiger partial charge in [-0.3, -0.25) is 14.9 Å². The molecule has 0 aromatic heterocycles. The van der Waals surface area contributed by atoms with Gasteiger partial charge in [0.05, 0.1) is 4.92 Å². The first kappa shape index (κ1) is 13.6. The molecule has 0 fully saturated rings. The quantitative estimate of drug-likeness (QED) is 0.369. The zero-order valence-corrected chi connectivity index (χ0v) is 10.3. The number of nitrogens with zero attached hydrogens (tertiary/aromatic N) is 1. The molecule has 0 N–H and O–H groups in total. The van der Waals surface area contributed by atoms with Crippen molar-refractivity contribution in [1.29, 1.82) is 0 Å². The molecule has 2 aromatic rings. The molecular weight excluding hydrogens is 261 g/mol. The molecule has 5 heteroatoms. The number of nitro benzene ring substituents is 1. The van der Waals surface area contributed by atoms with Crippen LogP contribution in [0.2, 0.25) is 0 Å². The Morgan fingerprint density at radius 2 is 1.65 bits per heavy atom. The van der Waals surface area contributed by atoms with Crippen LogP contribution in [-0.4, -0.2) is 10.7 Å². The van der Waals surface area contributed by atoms with Gasteiger partial charge in [0.15, 0.2) is 5.78 Å². The van der Waals surface area contributed by atoms with Crippen LogP contribution >= 0.6 is 0 Å². The first-order valence-electron chi connectivity index (χ1n) is 5.79. The van der Waals surface area contributed by atoms with Crippen LogP contribution in [0.15, 0.2) is 54.6 Å². The van der Waals surface area contributed by atoms with E-state index in [0.717, 1.165) is 0 Å². The molecule has 0 spiro atoms. The summed E-state index contributed by atoms with van der Waals surface area (Å²) in [4.78, 5) is 21.8. The van der Waals surface area contributed by atoms with Gasteiger partial charge in [-0.25, -0.2) is 4.39 Å². The number of benzene rings is 2. The van der Waals surface area contributed by atoms with Gasteiger partial charge in [-0.2, -0.15) is 0 Å². The second kappa shape index (κ2) is 5.88. The third-order valence-corrected chi connectivity index (χ3v) is 2.66. The fourth-order valence-corrected chi connectivity index (χ4v) is 1.59. The van der Waals surface area contributed by atoms with Crippen LogP contribution in [0.5, 0.6) is 0 Å². The van der Waals surface area contributed by atoms with Gasteiger partial charge in [-0.1, -0.05) is 18.2 Å². The molecular formula is C15H10FNO3. The van der Waals surface area contributed by atoms with Crippen molar-refractivity contribution in [2.24, 2.45) is 0 Å². The number of allylic oxidation sites excluding steroid dienone is 1. The van der Waals surface area contributed by atoms with E-state index in [1.807, 2.05) is 0 Å². The van der Waals surface area contributed by atoms with Crippen molar-refractivity contribution in [2.75, 3.05) is 0 Å². The monoisotopic (exact) mass is 271 g/mol. The van der Waals surface area contributed by atoms with E-state index in [1.165, 1.54) is 42.5 Å². The van der Waals surface area contributed by atoms with E-state index in [0.29, 0.717) is 11.1 Å². The lowest BCUT2D eigenvalue weighted by Gasteiger charge is -1.96. The summed E-state index contributed by atoms with van der Waals surface area (Å²) < 4.78 is 12.7. The van der Waals surface area contributed by atoms with Gasteiger partial charge < -0.3 is 0 Å². The van der Waals surface area contributed by atoms with Crippen LogP contribution in [0.4, 0.5) is 10.1 Å². The van der Waals surface area contributed by atoms with Crippen molar-refractivity contribution >= 4 is 17.5 Å². The highest BCUT2D eigenvalue weighted by molar-refractivity contribution is 6.06. The summed E-state index contributed by atoms with van der Waals surface area (Å²) in [5.74, 6) is -0.618. The molecule has 0 aliphatic rings. The fraction of sp³-hybridized carbons (Fsp3) is 0. The third-order valence-electron chi connectivity index (χ3n) is 2.66. The molecule has 0 unspecified atom stereocenters. The maximum atomic E-state index is 12.7. The molecule has 0 aliphatic heterocycles. The predicted octanol–water partition coefficient (Wildman–Crippen LogP) is 3.63. The summed E-state index contributed by atoms with van der Waals surface area (Å²) in [7, 11) is 0. The minimum Gasteiger partial charge on any atom is -0.289 e. The molecule has 0 radical (unpaired) electrons. The van der Waals surface area contributed by atoms with Gasteiger partial charge in [-0.05, 0) is 35.9 Å². The molecule has 4 nitrogen and oxygen atoms in total.